The molecule has 20 heavy (non-hydrogen) atoms. The van der Waals surface area contributed by atoms with E-state index in [2.05, 4.69) is 6.92 Å². The van der Waals surface area contributed by atoms with E-state index < -0.39 is 10.0 Å². The SMILES string of the molecule is CCCCN(C(=O)c1cccc(S(N)(=O)=O)c1)C1CC1. The number of unbranched alkanes of at least 4 members (excludes halogenated alkanes) is 1. The standard InChI is InChI=1S/C14H20N2O3S/c1-2-3-9-16(12-7-8-12)14(17)11-5-4-6-13(10-11)20(15,18)19/h4-6,10,12H,2-3,7-9H2,1H3,(H2,15,18,19). The van der Waals surface area contributed by atoms with E-state index in [1.807, 2.05) is 4.90 Å². The molecule has 0 unspecified atom stereocenters. The maximum Gasteiger partial charge on any atom is 0.254 e. The van der Waals surface area contributed by atoms with Crippen LogP contribution in [-0.2, 0) is 10.0 Å². The molecule has 0 bridgehead atoms. The zero-order valence-electron chi connectivity index (χ0n) is 11.6. The third-order valence-electron chi connectivity index (χ3n) is 3.41. The van der Waals surface area contributed by atoms with Crippen LogP contribution in [0.1, 0.15) is 43.0 Å². The zero-order valence-corrected chi connectivity index (χ0v) is 12.4. The normalized spacial score (nSPS) is 15.1. The maximum atomic E-state index is 12.5. The van der Waals surface area contributed by atoms with E-state index in [-0.39, 0.29) is 10.8 Å². The van der Waals surface area contributed by atoms with Crippen molar-refractivity contribution in [2.24, 2.45) is 5.14 Å². The van der Waals surface area contributed by atoms with Gasteiger partial charge in [-0.15, -0.1) is 0 Å². The number of nitrogens with two attached hydrogens (primary N) is 1. The Balaban J connectivity index is 2.23. The number of rotatable bonds is 6. The van der Waals surface area contributed by atoms with Crippen molar-refractivity contribution >= 4 is 15.9 Å². The Kier molecular flexibility index (Phi) is 4.45. The van der Waals surface area contributed by atoms with Crippen molar-refractivity contribution in [2.45, 2.75) is 43.5 Å². The summed E-state index contributed by atoms with van der Waals surface area (Å²) < 4.78 is 22.7. The summed E-state index contributed by atoms with van der Waals surface area (Å²) in [5.41, 5.74) is 0.388. The smallest absolute Gasteiger partial charge is 0.254 e. The third-order valence-corrected chi connectivity index (χ3v) is 4.32. The van der Waals surface area contributed by atoms with Crippen LogP contribution in [0.3, 0.4) is 0 Å². The summed E-state index contributed by atoms with van der Waals surface area (Å²) in [5.74, 6) is -0.105. The lowest BCUT2D eigenvalue weighted by molar-refractivity contribution is 0.0740. The van der Waals surface area contributed by atoms with Crippen LogP contribution in [0.4, 0.5) is 0 Å². The first-order valence-electron chi connectivity index (χ1n) is 6.87. The molecule has 0 aromatic heterocycles. The van der Waals surface area contributed by atoms with Gasteiger partial charge in [-0.25, -0.2) is 13.6 Å². The van der Waals surface area contributed by atoms with Crippen LogP contribution >= 0.6 is 0 Å². The van der Waals surface area contributed by atoms with E-state index in [1.54, 1.807) is 12.1 Å². The van der Waals surface area contributed by atoms with Crippen LogP contribution < -0.4 is 5.14 Å². The van der Waals surface area contributed by atoms with Crippen molar-refractivity contribution in [3.63, 3.8) is 0 Å². The fourth-order valence-electron chi connectivity index (χ4n) is 2.14. The van der Waals surface area contributed by atoms with E-state index >= 15 is 0 Å². The fraction of sp³-hybridized carbons (Fsp3) is 0.500. The summed E-state index contributed by atoms with van der Waals surface area (Å²) in [6, 6.07) is 6.27. The number of nitrogens with zero attached hydrogens (tertiary/aromatic N) is 1. The molecule has 1 aromatic carbocycles. The largest absolute Gasteiger partial charge is 0.336 e. The molecule has 1 aliphatic carbocycles. The molecule has 0 spiro atoms. The molecular weight excluding hydrogens is 276 g/mol. The van der Waals surface area contributed by atoms with Gasteiger partial charge < -0.3 is 4.90 Å². The molecule has 0 atom stereocenters. The van der Waals surface area contributed by atoms with Gasteiger partial charge in [-0.2, -0.15) is 0 Å². The monoisotopic (exact) mass is 296 g/mol. The quantitative estimate of drug-likeness (QED) is 0.868. The van der Waals surface area contributed by atoms with Gasteiger partial charge in [-0.3, -0.25) is 4.79 Å². The molecular formula is C14H20N2O3S. The molecule has 0 heterocycles. The summed E-state index contributed by atoms with van der Waals surface area (Å²) in [5, 5.41) is 5.10. The summed E-state index contributed by atoms with van der Waals surface area (Å²) in [6.45, 7) is 2.80. The third kappa shape index (κ3) is 3.58. The molecule has 0 aliphatic heterocycles. The number of primary sulfonamides is 1. The second-order valence-corrected chi connectivity index (χ2v) is 6.72. The number of carbonyl (C=O) groups excluding carboxylic acids is 1. The van der Waals surface area contributed by atoms with Crippen LogP contribution in [0.15, 0.2) is 29.2 Å². The van der Waals surface area contributed by atoms with Crippen LogP contribution in [0.5, 0.6) is 0 Å². The minimum atomic E-state index is -3.78. The second kappa shape index (κ2) is 5.93. The highest BCUT2D eigenvalue weighted by Gasteiger charge is 2.32. The lowest BCUT2D eigenvalue weighted by Crippen LogP contribution is -2.34. The van der Waals surface area contributed by atoms with Gasteiger partial charge in [0, 0.05) is 18.2 Å². The molecule has 110 valence electrons. The van der Waals surface area contributed by atoms with Gasteiger partial charge in [-0.05, 0) is 37.5 Å². The number of benzene rings is 1. The lowest BCUT2D eigenvalue weighted by Gasteiger charge is -2.22. The van der Waals surface area contributed by atoms with E-state index in [9.17, 15) is 13.2 Å². The average molecular weight is 296 g/mol. The minimum Gasteiger partial charge on any atom is -0.336 e. The van der Waals surface area contributed by atoms with Gasteiger partial charge in [0.2, 0.25) is 10.0 Å². The van der Waals surface area contributed by atoms with Crippen molar-refractivity contribution in [3.05, 3.63) is 29.8 Å². The Bertz CT molecular complexity index is 594. The topological polar surface area (TPSA) is 80.5 Å². The first-order chi connectivity index (χ1) is 9.43. The van der Waals surface area contributed by atoms with E-state index in [0.717, 1.165) is 32.2 Å². The number of hydrogen-bond acceptors (Lipinski definition) is 3. The van der Waals surface area contributed by atoms with Crippen molar-refractivity contribution in [1.82, 2.24) is 4.90 Å². The molecule has 1 aromatic rings. The molecule has 0 radical (unpaired) electrons. The van der Waals surface area contributed by atoms with Gasteiger partial charge in [0.05, 0.1) is 4.90 Å². The second-order valence-electron chi connectivity index (χ2n) is 5.16. The molecule has 5 nitrogen and oxygen atoms in total. The molecule has 1 amide bonds. The van der Waals surface area contributed by atoms with E-state index in [0.29, 0.717) is 11.6 Å². The zero-order chi connectivity index (χ0) is 14.8. The summed E-state index contributed by atoms with van der Waals surface area (Å²) in [4.78, 5) is 14.3. The summed E-state index contributed by atoms with van der Waals surface area (Å²) in [6.07, 6.45) is 4.04. The predicted octanol–water partition coefficient (Wildman–Crippen LogP) is 1.74. The Morgan fingerprint density at radius 3 is 2.65 bits per heavy atom. The van der Waals surface area contributed by atoms with Crippen LogP contribution in [0.2, 0.25) is 0 Å². The molecule has 1 aliphatic rings. The van der Waals surface area contributed by atoms with E-state index in [4.69, 9.17) is 5.14 Å². The maximum absolute atomic E-state index is 12.5. The van der Waals surface area contributed by atoms with Gasteiger partial charge in [0.25, 0.3) is 5.91 Å². The van der Waals surface area contributed by atoms with Crippen LogP contribution in [0.25, 0.3) is 0 Å². The van der Waals surface area contributed by atoms with Crippen molar-refractivity contribution in [2.75, 3.05) is 6.54 Å². The van der Waals surface area contributed by atoms with Crippen molar-refractivity contribution in [3.8, 4) is 0 Å². The summed E-state index contributed by atoms with van der Waals surface area (Å²) in [7, 11) is -3.78. The van der Waals surface area contributed by atoms with Crippen LogP contribution in [0, 0.1) is 0 Å². The number of carbonyl (C=O) groups is 1. The number of hydrogen-bond donors (Lipinski definition) is 1. The molecule has 2 rings (SSSR count). The lowest BCUT2D eigenvalue weighted by atomic mass is 10.2. The van der Waals surface area contributed by atoms with Crippen molar-refractivity contribution < 1.29 is 13.2 Å². The highest BCUT2D eigenvalue weighted by Crippen LogP contribution is 2.28. The Morgan fingerprint density at radius 1 is 1.40 bits per heavy atom. The van der Waals surface area contributed by atoms with Crippen molar-refractivity contribution in [1.29, 1.82) is 0 Å². The first kappa shape index (κ1) is 15.0. The van der Waals surface area contributed by atoms with Gasteiger partial charge in [-0.1, -0.05) is 19.4 Å². The molecule has 6 heteroatoms. The Hall–Kier alpha value is -1.40. The first-order valence-corrected chi connectivity index (χ1v) is 8.42. The van der Waals surface area contributed by atoms with Gasteiger partial charge >= 0.3 is 0 Å². The van der Waals surface area contributed by atoms with Gasteiger partial charge in [0.15, 0.2) is 0 Å². The molecule has 0 saturated heterocycles. The Labute approximate surface area is 119 Å². The number of sulfonamides is 1. The molecule has 1 saturated carbocycles. The highest BCUT2D eigenvalue weighted by atomic mass is 32.2. The Morgan fingerprint density at radius 2 is 2.10 bits per heavy atom. The fourth-order valence-corrected chi connectivity index (χ4v) is 2.70. The number of amides is 1. The minimum absolute atomic E-state index is 0.0189. The van der Waals surface area contributed by atoms with Gasteiger partial charge in [0.1, 0.15) is 0 Å². The average Bonchev–Trinajstić information content (AvgIpc) is 3.23. The highest BCUT2D eigenvalue weighted by molar-refractivity contribution is 7.89. The van der Waals surface area contributed by atoms with Crippen LogP contribution in [-0.4, -0.2) is 31.8 Å². The predicted molar refractivity (Wildman–Crippen MR) is 76.8 cm³/mol. The summed E-state index contributed by atoms with van der Waals surface area (Å²) >= 11 is 0. The van der Waals surface area contributed by atoms with E-state index in [1.165, 1.54) is 12.1 Å². The molecule has 2 N–H and O–H groups in total. The molecule has 1 fully saturated rings.